The Bertz CT molecular complexity index is 779. The van der Waals surface area contributed by atoms with Crippen molar-refractivity contribution in [3.63, 3.8) is 0 Å². The number of aliphatic imine (C=N–C) groups is 1. The third-order valence-corrected chi connectivity index (χ3v) is 4.12. The number of rotatable bonds is 2. The molecule has 3 rings (SSSR count). The fourth-order valence-corrected chi connectivity index (χ4v) is 2.86. The van der Waals surface area contributed by atoms with Crippen molar-refractivity contribution in [1.29, 1.82) is 0 Å². The van der Waals surface area contributed by atoms with Crippen LogP contribution in [0.25, 0.3) is 6.08 Å². The van der Waals surface area contributed by atoms with Crippen LogP contribution in [-0.2, 0) is 4.79 Å². The van der Waals surface area contributed by atoms with Gasteiger partial charge >= 0.3 is 142 Å². The first-order valence-corrected chi connectivity index (χ1v) is 7.92. The Kier molecular flexibility index (Phi) is 4.16. The van der Waals surface area contributed by atoms with Crippen LogP contribution in [0.3, 0.4) is 0 Å². The number of hydrogen-bond acceptors (Lipinski definition) is 2. The number of carbonyl (C=O) groups excluding carboxylic acids is 1. The molecule has 0 fully saturated rings. The van der Waals surface area contributed by atoms with E-state index in [1.54, 1.807) is 23.1 Å². The summed E-state index contributed by atoms with van der Waals surface area (Å²) in [6.45, 7) is 2.01. The van der Waals surface area contributed by atoms with Crippen molar-refractivity contribution in [3.8, 4) is 0 Å². The van der Waals surface area contributed by atoms with E-state index in [0.29, 0.717) is 15.5 Å². The van der Waals surface area contributed by atoms with Gasteiger partial charge in [-0.3, -0.25) is 0 Å². The number of anilines is 1. The number of amidine groups is 1. The quantitative estimate of drug-likeness (QED) is 0.584. The summed E-state index contributed by atoms with van der Waals surface area (Å²) in [5.41, 5.74) is 3.23. The van der Waals surface area contributed by atoms with Crippen LogP contribution in [0.2, 0.25) is 5.02 Å². The average Bonchev–Trinajstić information content (AvgIpc) is 2.77. The average molecular weight is 375 g/mol. The van der Waals surface area contributed by atoms with Crippen molar-refractivity contribution in [2.45, 2.75) is 6.92 Å². The van der Waals surface area contributed by atoms with Crippen LogP contribution in [0.4, 0.5) is 5.69 Å². The number of nitrogens with zero attached hydrogens (tertiary/aromatic N) is 2. The number of aryl methyl sites for hydroxylation is 1. The van der Waals surface area contributed by atoms with Crippen LogP contribution in [0.5, 0.6) is 0 Å². The molecule has 109 valence electrons. The molecule has 0 atom stereocenters. The summed E-state index contributed by atoms with van der Waals surface area (Å²) >= 11 is 8.72. The molecule has 1 heterocycles. The molecule has 0 saturated carbocycles. The molecule has 1 aliphatic rings. The van der Waals surface area contributed by atoms with Gasteiger partial charge in [0.2, 0.25) is 0 Å². The molecule has 0 aliphatic carbocycles. The van der Waals surface area contributed by atoms with Crippen LogP contribution in [0.1, 0.15) is 11.1 Å². The molecule has 1 radical (unpaired) electrons. The zero-order valence-electron chi connectivity index (χ0n) is 11.8. The first-order valence-electron chi connectivity index (χ1n) is 6.69. The summed E-state index contributed by atoms with van der Waals surface area (Å²) < 4.78 is 0.550. The Morgan fingerprint density at radius 3 is 2.36 bits per heavy atom. The topological polar surface area (TPSA) is 32.7 Å². The standard InChI is InChI=1S/C17H12ClN2OSe/c1-11-2-8-14(9-3-11)20-16(21)15(19-17(20)22)10-12-4-6-13(18)7-5-12/h2-10H,1H3. The van der Waals surface area contributed by atoms with Gasteiger partial charge in [0, 0.05) is 0 Å². The van der Waals surface area contributed by atoms with E-state index in [2.05, 4.69) is 21.0 Å². The normalized spacial score (nSPS) is 16.3. The molecule has 0 spiro atoms. The third-order valence-electron chi connectivity index (χ3n) is 3.30. The van der Waals surface area contributed by atoms with Crippen LogP contribution < -0.4 is 4.90 Å². The number of carbonyl (C=O) groups is 1. The third kappa shape index (κ3) is 3.00. The summed E-state index contributed by atoms with van der Waals surface area (Å²) in [7, 11) is 0. The van der Waals surface area contributed by atoms with Crippen LogP contribution in [0, 0.1) is 6.92 Å². The van der Waals surface area contributed by atoms with E-state index in [0.717, 1.165) is 16.8 Å². The van der Waals surface area contributed by atoms with E-state index in [4.69, 9.17) is 11.6 Å². The predicted octanol–water partition coefficient (Wildman–Crippen LogP) is 3.56. The number of halogens is 1. The minimum absolute atomic E-state index is 0.146. The molecule has 5 heteroatoms. The van der Waals surface area contributed by atoms with Crippen molar-refractivity contribution in [2.75, 3.05) is 4.90 Å². The molecular formula is C17H12ClN2OSe. The van der Waals surface area contributed by atoms with Gasteiger partial charge in [-0.05, 0) is 0 Å². The monoisotopic (exact) mass is 375 g/mol. The van der Waals surface area contributed by atoms with Crippen LogP contribution in [0.15, 0.2) is 59.2 Å². The van der Waals surface area contributed by atoms with Gasteiger partial charge in [-0.2, -0.15) is 0 Å². The van der Waals surface area contributed by atoms with E-state index in [1.807, 2.05) is 43.3 Å². The maximum absolute atomic E-state index is 12.6. The SMILES string of the molecule is Cc1ccc(N2C(=O)C(=Cc3ccc(Cl)cc3)N=C2[Se])cc1. The second-order valence-corrected chi connectivity index (χ2v) is 6.15. The minimum atomic E-state index is -0.146. The second kappa shape index (κ2) is 6.09. The first-order chi connectivity index (χ1) is 10.5. The molecule has 2 aromatic rings. The van der Waals surface area contributed by atoms with Gasteiger partial charge in [0.25, 0.3) is 0 Å². The summed E-state index contributed by atoms with van der Waals surface area (Å²) in [6, 6.07) is 15.0. The Labute approximate surface area is 142 Å². The molecule has 0 N–H and O–H groups in total. The van der Waals surface area contributed by atoms with E-state index in [9.17, 15) is 4.79 Å². The maximum atomic E-state index is 12.6. The van der Waals surface area contributed by atoms with Gasteiger partial charge < -0.3 is 0 Å². The Balaban J connectivity index is 1.92. The van der Waals surface area contributed by atoms with Gasteiger partial charge in [0.1, 0.15) is 0 Å². The zero-order chi connectivity index (χ0) is 15.7. The fourth-order valence-electron chi connectivity index (χ4n) is 2.13. The van der Waals surface area contributed by atoms with Crippen molar-refractivity contribution in [3.05, 3.63) is 70.4 Å². The predicted molar refractivity (Wildman–Crippen MR) is 91.3 cm³/mol. The van der Waals surface area contributed by atoms with Crippen LogP contribution in [-0.4, -0.2) is 26.7 Å². The Morgan fingerprint density at radius 2 is 1.73 bits per heavy atom. The summed E-state index contributed by atoms with van der Waals surface area (Å²) in [6.07, 6.45) is 1.75. The molecule has 22 heavy (non-hydrogen) atoms. The Hall–Kier alpha value is -1.87. The molecule has 2 aromatic carbocycles. The summed E-state index contributed by atoms with van der Waals surface area (Å²) in [4.78, 5) is 18.5. The molecule has 1 aliphatic heterocycles. The van der Waals surface area contributed by atoms with Gasteiger partial charge in [-0.15, -0.1) is 0 Å². The number of benzene rings is 2. The Morgan fingerprint density at radius 1 is 1.09 bits per heavy atom. The van der Waals surface area contributed by atoms with Gasteiger partial charge in [0.15, 0.2) is 0 Å². The van der Waals surface area contributed by atoms with Crippen molar-refractivity contribution in [1.82, 2.24) is 0 Å². The van der Waals surface area contributed by atoms with Gasteiger partial charge in [-0.25, -0.2) is 0 Å². The van der Waals surface area contributed by atoms with E-state index in [-0.39, 0.29) is 5.91 Å². The number of hydrogen-bond donors (Lipinski definition) is 0. The number of amides is 1. The van der Waals surface area contributed by atoms with Crippen molar-refractivity contribution in [2.24, 2.45) is 4.99 Å². The van der Waals surface area contributed by atoms with E-state index in [1.165, 1.54) is 0 Å². The molecular weight excluding hydrogens is 363 g/mol. The molecule has 1 amide bonds. The van der Waals surface area contributed by atoms with Crippen molar-refractivity contribution >= 4 is 50.0 Å². The van der Waals surface area contributed by atoms with E-state index >= 15 is 0 Å². The van der Waals surface area contributed by atoms with Crippen molar-refractivity contribution < 1.29 is 4.79 Å². The van der Waals surface area contributed by atoms with E-state index < -0.39 is 0 Å². The molecule has 0 unspecified atom stereocenters. The fraction of sp³-hybridized carbons (Fsp3) is 0.0588. The summed E-state index contributed by atoms with van der Waals surface area (Å²) in [5, 5.41) is 0.661. The molecule has 0 aromatic heterocycles. The molecule has 3 nitrogen and oxygen atoms in total. The van der Waals surface area contributed by atoms with Gasteiger partial charge in [0.05, 0.1) is 0 Å². The first kappa shape index (κ1) is 15.0. The zero-order valence-corrected chi connectivity index (χ0v) is 14.3. The second-order valence-electron chi connectivity index (χ2n) is 4.95. The van der Waals surface area contributed by atoms with Crippen LogP contribution >= 0.6 is 11.6 Å². The summed E-state index contributed by atoms with van der Waals surface area (Å²) in [5.74, 6) is -0.146. The van der Waals surface area contributed by atoms with Gasteiger partial charge in [-0.1, -0.05) is 0 Å². The molecule has 0 bridgehead atoms. The molecule has 0 saturated heterocycles.